The van der Waals surface area contributed by atoms with Gasteiger partial charge in [-0.1, -0.05) is 49.4 Å². The molecule has 0 amide bonds. The van der Waals surface area contributed by atoms with E-state index in [9.17, 15) is 4.79 Å². The van der Waals surface area contributed by atoms with Crippen LogP contribution >= 0.6 is 0 Å². The maximum Gasteiger partial charge on any atom is 0.374 e. The molecule has 0 bridgehead atoms. The third-order valence-corrected chi connectivity index (χ3v) is 5.91. The molecule has 3 aromatic rings. The van der Waals surface area contributed by atoms with Crippen molar-refractivity contribution >= 4 is 16.9 Å². The van der Waals surface area contributed by atoms with E-state index in [-0.39, 0.29) is 11.6 Å². The number of piperidine rings is 1. The van der Waals surface area contributed by atoms with Crippen LogP contribution in [0.15, 0.2) is 59.0 Å². The zero-order valence-corrected chi connectivity index (χ0v) is 15.5. The lowest BCUT2D eigenvalue weighted by Gasteiger charge is -2.20. The number of hydrogen-bond acceptors (Lipinski definition) is 4. The van der Waals surface area contributed by atoms with Crippen LogP contribution in [0, 0.1) is 5.92 Å². The Kier molecular flexibility index (Phi) is 3.83. The zero-order chi connectivity index (χ0) is 18.4. The van der Waals surface area contributed by atoms with E-state index >= 15 is 0 Å². The number of carbonyl (C=O) groups excluding carboxylic acids is 1. The first kappa shape index (κ1) is 16.6. The van der Waals surface area contributed by atoms with Crippen LogP contribution in [0.5, 0.6) is 0 Å². The van der Waals surface area contributed by atoms with Gasteiger partial charge in [-0.2, -0.15) is 0 Å². The third kappa shape index (κ3) is 3.04. The minimum absolute atomic E-state index is 0.296. The van der Waals surface area contributed by atoms with Gasteiger partial charge >= 0.3 is 5.97 Å². The number of hydrogen-bond donors (Lipinski definition) is 0. The molecule has 2 heterocycles. The summed E-state index contributed by atoms with van der Waals surface area (Å²) in [6.07, 6.45) is 2.02. The molecule has 4 nitrogen and oxygen atoms in total. The highest BCUT2D eigenvalue weighted by atomic mass is 16.6. The van der Waals surface area contributed by atoms with Crippen LogP contribution in [0.2, 0.25) is 0 Å². The Morgan fingerprint density at radius 2 is 1.96 bits per heavy atom. The maximum absolute atomic E-state index is 12.6. The molecule has 2 unspecified atom stereocenters. The summed E-state index contributed by atoms with van der Waals surface area (Å²) in [5.41, 5.74) is 3.07. The molecule has 0 N–H and O–H groups in total. The van der Waals surface area contributed by atoms with Crippen LogP contribution in [-0.2, 0) is 17.7 Å². The number of rotatable bonds is 5. The number of fused-ring (bicyclic) bond motifs is 2. The number of benzene rings is 2. The van der Waals surface area contributed by atoms with Crippen molar-refractivity contribution in [3.05, 3.63) is 71.5 Å². The predicted octanol–water partition coefficient (Wildman–Crippen LogP) is 4.43. The second kappa shape index (κ2) is 6.24. The summed E-state index contributed by atoms with van der Waals surface area (Å²) in [6.45, 7) is 4.87. The van der Waals surface area contributed by atoms with E-state index in [1.807, 2.05) is 24.3 Å². The van der Waals surface area contributed by atoms with Crippen molar-refractivity contribution in [1.82, 2.24) is 4.90 Å². The number of furan rings is 1. The molecule has 0 spiro atoms. The largest absolute Gasteiger partial charge is 0.451 e. The van der Waals surface area contributed by atoms with Crippen molar-refractivity contribution in [2.24, 2.45) is 5.92 Å². The van der Waals surface area contributed by atoms with Gasteiger partial charge in [-0.3, -0.25) is 4.90 Å². The zero-order valence-electron chi connectivity index (χ0n) is 15.5. The van der Waals surface area contributed by atoms with Gasteiger partial charge in [0.25, 0.3) is 0 Å². The molecule has 2 aromatic carbocycles. The van der Waals surface area contributed by atoms with E-state index in [1.54, 1.807) is 6.07 Å². The standard InChI is InChI=1S/C23H23NO3/c1-2-16-7-9-17(10-8-16)13-24-14-19-12-23(19,15-24)27-22(25)21-11-18-5-3-4-6-20(18)26-21/h3-11,19H,2,12-15H2,1H3. The smallest absolute Gasteiger partial charge is 0.374 e. The fourth-order valence-electron chi connectivity index (χ4n) is 4.27. The number of ether oxygens (including phenoxy) is 1. The molecular weight excluding hydrogens is 338 g/mol. The Labute approximate surface area is 158 Å². The third-order valence-electron chi connectivity index (χ3n) is 5.91. The first-order valence-corrected chi connectivity index (χ1v) is 9.67. The molecule has 2 aliphatic rings. The monoisotopic (exact) mass is 361 g/mol. The fraction of sp³-hybridized carbons (Fsp3) is 0.348. The molecule has 1 aromatic heterocycles. The highest BCUT2D eigenvalue weighted by Crippen LogP contribution is 2.53. The van der Waals surface area contributed by atoms with Crippen molar-refractivity contribution in [3.8, 4) is 0 Å². The van der Waals surface area contributed by atoms with Crippen molar-refractivity contribution < 1.29 is 13.9 Å². The molecule has 5 rings (SSSR count). The lowest BCUT2D eigenvalue weighted by atomic mass is 10.1. The molecule has 2 atom stereocenters. The van der Waals surface area contributed by atoms with E-state index in [0.29, 0.717) is 11.7 Å². The summed E-state index contributed by atoms with van der Waals surface area (Å²) in [5, 5.41) is 0.929. The van der Waals surface area contributed by atoms with E-state index in [2.05, 4.69) is 36.1 Å². The van der Waals surface area contributed by atoms with Gasteiger partial charge in [-0.25, -0.2) is 4.79 Å². The minimum Gasteiger partial charge on any atom is -0.451 e. The molecule has 1 aliphatic carbocycles. The second-order valence-corrected chi connectivity index (χ2v) is 7.84. The van der Waals surface area contributed by atoms with Gasteiger partial charge in [0, 0.05) is 30.9 Å². The Bertz CT molecular complexity index is 957. The maximum atomic E-state index is 12.6. The average Bonchev–Trinajstić information content (AvgIpc) is 3.04. The summed E-state index contributed by atoms with van der Waals surface area (Å²) in [6, 6.07) is 18.2. The van der Waals surface area contributed by atoms with Crippen LogP contribution in [0.25, 0.3) is 11.0 Å². The van der Waals surface area contributed by atoms with Gasteiger partial charge in [0.1, 0.15) is 11.2 Å². The molecule has 138 valence electrons. The predicted molar refractivity (Wildman–Crippen MR) is 104 cm³/mol. The summed E-state index contributed by atoms with van der Waals surface area (Å²) >= 11 is 0. The minimum atomic E-state index is -0.345. The first-order chi connectivity index (χ1) is 13.1. The van der Waals surface area contributed by atoms with Crippen molar-refractivity contribution in [1.29, 1.82) is 0 Å². The second-order valence-electron chi connectivity index (χ2n) is 7.84. The van der Waals surface area contributed by atoms with Crippen molar-refractivity contribution in [3.63, 3.8) is 0 Å². The highest BCUT2D eigenvalue weighted by molar-refractivity contribution is 5.92. The molecule has 0 radical (unpaired) electrons. The quantitative estimate of drug-likeness (QED) is 0.631. The lowest BCUT2D eigenvalue weighted by Crippen LogP contribution is -2.30. The van der Waals surface area contributed by atoms with Gasteiger partial charge in [0.15, 0.2) is 0 Å². The Balaban J connectivity index is 1.24. The van der Waals surface area contributed by atoms with E-state index in [1.165, 1.54) is 11.1 Å². The van der Waals surface area contributed by atoms with Crippen molar-refractivity contribution in [2.45, 2.75) is 31.9 Å². The van der Waals surface area contributed by atoms with Crippen LogP contribution in [0.4, 0.5) is 0 Å². The van der Waals surface area contributed by atoms with Crippen LogP contribution < -0.4 is 0 Å². The molecule has 27 heavy (non-hydrogen) atoms. The molecule has 2 fully saturated rings. The summed E-state index contributed by atoms with van der Waals surface area (Å²) < 4.78 is 11.6. The highest BCUT2D eigenvalue weighted by Gasteiger charge is 2.63. The summed E-state index contributed by atoms with van der Waals surface area (Å²) in [4.78, 5) is 15.0. The van der Waals surface area contributed by atoms with Crippen LogP contribution in [0.3, 0.4) is 0 Å². The van der Waals surface area contributed by atoms with Gasteiger partial charge in [-0.15, -0.1) is 0 Å². The van der Waals surface area contributed by atoms with Crippen LogP contribution in [-0.4, -0.2) is 29.6 Å². The lowest BCUT2D eigenvalue weighted by molar-refractivity contribution is 0.0158. The first-order valence-electron chi connectivity index (χ1n) is 9.67. The SMILES string of the molecule is CCc1ccc(CN2CC3CC3(OC(=O)c3cc4ccccc4o3)C2)cc1. The summed E-state index contributed by atoms with van der Waals surface area (Å²) in [5.74, 6) is 0.397. The topological polar surface area (TPSA) is 42.7 Å². The number of aryl methyl sites for hydroxylation is 1. The molecule has 4 heteroatoms. The number of likely N-dealkylation sites (tertiary alicyclic amines) is 1. The molecule has 1 saturated heterocycles. The number of para-hydroxylation sites is 1. The van der Waals surface area contributed by atoms with Gasteiger partial charge in [-0.05, 0) is 36.1 Å². The molecule has 1 aliphatic heterocycles. The van der Waals surface area contributed by atoms with E-state index in [0.717, 1.165) is 43.4 Å². The fourth-order valence-corrected chi connectivity index (χ4v) is 4.27. The van der Waals surface area contributed by atoms with E-state index in [4.69, 9.17) is 9.15 Å². The number of esters is 1. The van der Waals surface area contributed by atoms with Crippen LogP contribution in [0.1, 0.15) is 35.0 Å². The average molecular weight is 361 g/mol. The van der Waals surface area contributed by atoms with Gasteiger partial charge in [0.2, 0.25) is 5.76 Å². The van der Waals surface area contributed by atoms with E-state index < -0.39 is 0 Å². The van der Waals surface area contributed by atoms with Gasteiger partial charge in [0.05, 0.1) is 0 Å². The number of nitrogens with zero attached hydrogens (tertiary/aromatic N) is 1. The number of carbonyl (C=O) groups is 1. The Morgan fingerprint density at radius 1 is 1.19 bits per heavy atom. The summed E-state index contributed by atoms with van der Waals surface area (Å²) in [7, 11) is 0. The Hall–Kier alpha value is -2.59. The Morgan fingerprint density at radius 3 is 2.74 bits per heavy atom. The molecular formula is C23H23NO3. The normalized spacial score (nSPS) is 24.1. The van der Waals surface area contributed by atoms with Gasteiger partial charge < -0.3 is 9.15 Å². The molecule has 1 saturated carbocycles. The van der Waals surface area contributed by atoms with Crippen molar-refractivity contribution in [2.75, 3.05) is 13.1 Å².